The number of amides is 1. The van der Waals surface area contributed by atoms with E-state index in [0.717, 1.165) is 36.6 Å². The van der Waals surface area contributed by atoms with Crippen molar-refractivity contribution in [1.29, 1.82) is 0 Å². The first kappa shape index (κ1) is 22.2. The number of benzene rings is 1. The number of aliphatic carboxylic acids is 1. The normalized spacial score (nSPS) is 19.4. The molecule has 1 amide bonds. The Hall–Kier alpha value is -3.47. The first-order valence-corrected chi connectivity index (χ1v) is 10.1. The number of rotatable bonds is 7. The molecule has 3 rings (SSSR count). The highest BCUT2D eigenvalue weighted by atomic mass is 16.4. The summed E-state index contributed by atoms with van der Waals surface area (Å²) in [6, 6.07) is 3.86. The molecular formula is C20H27N7O4. The lowest BCUT2D eigenvalue weighted by Crippen LogP contribution is -2.44. The van der Waals surface area contributed by atoms with Gasteiger partial charge in [-0.15, -0.1) is 0 Å². The quantitative estimate of drug-likeness (QED) is 0.262. The minimum atomic E-state index is -1.45. The first-order valence-electron chi connectivity index (χ1n) is 10.1. The second-order valence-electron chi connectivity index (χ2n) is 7.62. The van der Waals surface area contributed by atoms with Crippen LogP contribution in [0.1, 0.15) is 41.9 Å². The molecule has 11 heteroatoms. The molecule has 1 fully saturated rings. The van der Waals surface area contributed by atoms with Gasteiger partial charge in [0.25, 0.3) is 5.91 Å². The molecule has 0 saturated heterocycles. The maximum absolute atomic E-state index is 12.6. The van der Waals surface area contributed by atoms with Crippen molar-refractivity contribution in [2.45, 2.75) is 50.7 Å². The van der Waals surface area contributed by atoms with Crippen LogP contribution < -0.4 is 22.1 Å². The van der Waals surface area contributed by atoms with Crippen molar-refractivity contribution in [2.24, 2.45) is 16.5 Å². The predicted octanol–water partition coefficient (Wildman–Crippen LogP) is 0.110. The molecule has 0 bridgehead atoms. The summed E-state index contributed by atoms with van der Waals surface area (Å²) in [6.45, 7) is 1.19. The number of aliphatic hydroxyl groups excluding tert-OH is 1. The smallest absolute Gasteiger partial charge is 0.328 e. The Morgan fingerprint density at radius 3 is 2.68 bits per heavy atom. The molecule has 1 aromatic carbocycles. The largest absolute Gasteiger partial charge is 0.480 e. The number of aromatic nitrogens is 2. The summed E-state index contributed by atoms with van der Waals surface area (Å²) in [5.41, 5.74) is 12.7. The lowest BCUT2D eigenvalue weighted by Gasteiger charge is -2.30. The van der Waals surface area contributed by atoms with E-state index in [-0.39, 0.29) is 23.9 Å². The molecule has 1 saturated carbocycles. The Bertz CT molecular complexity index is 1010. The van der Waals surface area contributed by atoms with Crippen molar-refractivity contribution in [2.75, 3.05) is 11.9 Å². The lowest BCUT2D eigenvalue weighted by atomic mass is 9.90. The molecule has 0 aliphatic heterocycles. The zero-order valence-corrected chi connectivity index (χ0v) is 17.2. The summed E-state index contributed by atoms with van der Waals surface area (Å²) in [7, 11) is 0. The van der Waals surface area contributed by atoms with Gasteiger partial charge in [0, 0.05) is 5.39 Å². The zero-order valence-electron chi connectivity index (χ0n) is 17.2. The standard InChI is InChI=1S/C20H27N7O4/c1-10-6-7-12-11(8-10)16(24-13-4-2-3-5-14(13)26-20(21)22)27-17(23-12)18(29)25-15(9-28)19(30)31/h6-8,13-15,28H,2-5,9H2,1H3,(H,25,29)(H,30,31)(H4,21,22,26)(H,23,24,27)/t13?,14?,15-/m0/s1. The topological polar surface area (TPSA) is 189 Å². The van der Waals surface area contributed by atoms with Crippen LogP contribution in [0.3, 0.4) is 0 Å². The van der Waals surface area contributed by atoms with Crippen LogP contribution in [0.5, 0.6) is 0 Å². The molecule has 2 aromatic rings. The number of carboxylic acid groups (broad SMARTS) is 1. The van der Waals surface area contributed by atoms with Gasteiger partial charge in [-0.25, -0.2) is 19.8 Å². The number of nitrogens with two attached hydrogens (primary N) is 2. The summed E-state index contributed by atoms with van der Waals surface area (Å²) in [5.74, 6) is -1.89. The average molecular weight is 429 g/mol. The molecule has 166 valence electrons. The molecule has 1 heterocycles. The Morgan fingerprint density at radius 2 is 2.00 bits per heavy atom. The van der Waals surface area contributed by atoms with E-state index in [4.69, 9.17) is 16.6 Å². The third-order valence-corrected chi connectivity index (χ3v) is 5.21. The van der Waals surface area contributed by atoms with Gasteiger partial charge in [0.2, 0.25) is 5.82 Å². The Kier molecular flexibility index (Phi) is 6.85. The molecule has 1 aromatic heterocycles. The monoisotopic (exact) mass is 429 g/mol. The number of anilines is 1. The van der Waals surface area contributed by atoms with E-state index >= 15 is 0 Å². The number of hydrogen-bond donors (Lipinski definition) is 6. The summed E-state index contributed by atoms with van der Waals surface area (Å²) < 4.78 is 0. The summed E-state index contributed by atoms with van der Waals surface area (Å²) in [6.07, 6.45) is 3.66. The van der Waals surface area contributed by atoms with E-state index in [1.54, 1.807) is 6.07 Å². The van der Waals surface area contributed by atoms with E-state index in [2.05, 4.69) is 25.6 Å². The van der Waals surface area contributed by atoms with E-state index in [1.165, 1.54) is 0 Å². The number of nitrogens with one attached hydrogen (secondary N) is 2. The highest BCUT2D eigenvalue weighted by molar-refractivity contribution is 5.98. The van der Waals surface area contributed by atoms with Crippen LogP contribution in [0.25, 0.3) is 10.9 Å². The van der Waals surface area contributed by atoms with Gasteiger partial charge < -0.3 is 32.3 Å². The van der Waals surface area contributed by atoms with Crippen molar-refractivity contribution >= 4 is 34.6 Å². The molecule has 1 aliphatic carbocycles. The van der Waals surface area contributed by atoms with E-state index in [0.29, 0.717) is 11.3 Å². The number of guanidine groups is 1. The fourth-order valence-electron chi connectivity index (χ4n) is 3.66. The molecule has 0 radical (unpaired) electrons. The molecule has 2 unspecified atom stereocenters. The van der Waals surface area contributed by atoms with Crippen molar-refractivity contribution < 1.29 is 19.8 Å². The first-order chi connectivity index (χ1) is 14.8. The number of aryl methyl sites for hydroxylation is 1. The fraction of sp³-hybridized carbons (Fsp3) is 0.450. The number of carboxylic acids is 1. The number of fused-ring (bicyclic) bond motifs is 1. The number of carbonyl (C=O) groups is 2. The van der Waals surface area contributed by atoms with Crippen molar-refractivity contribution in [3.8, 4) is 0 Å². The van der Waals surface area contributed by atoms with Crippen LogP contribution >= 0.6 is 0 Å². The maximum atomic E-state index is 12.6. The molecular weight excluding hydrogens is 402 g/mol. The van der Waals surface area contributed by atoms with Crippen LogP contribution in [-0.4, -0.2) is 62.7 Å². The van der Waals surface area contributed by atoms with E-state index in [1.807, 2.05) is 19.1 Å². The minimum absolute atomic E-state index is 0.0193. The minimum Gasteiger partial charge on any atom is -0.480 e. The van der Waals surface area contributed by atoms with Gasteiger partial charge in [-0.1, -0.05) is 24.5 Å². The van der Waals surface area contributed by atoms with Gasteiger partial charge in [0.15, 0.2) is 12.0 Å². The van der Waals surface area contributed by atoms with Crippen molar-refractivity contribution in [3.63, 3.8) is 0 Å². The Morgan fingerprint density at radius 1 is 1.26 bits per heavy atom. The Balaban J connectivity index is 1.98. The van der Waals surface area contributed by atoms with Crippen LogP contribution in [0.2, 0.25) is 0 Å². The number of hydrogen-bond acceptors (Lipinski definition) is 7. The number of nitrogens with zero attached hydrogens (tertiary/aromatic N) is 3. The zero-order chi connectivity index (χ0) is 22.5. The summed E-state index contributed by atoms with van der Waals surface area (Å²) >= 11 is 0. The third-order valence-electron chi connectivity index (χ3n) is 5.21. The highest BCUT2D eigenvalue weighted by Crippen LogP contribution is 2.28. The molecule has 1 aliphatic rings. The van der Waals surface area contributed by atoms with Crippen molar-refractivity contribution in [1.82, 2.24) is 15.3 Å². The average Bonchev–Trinajstić information content (AvgIpc) is 2.72. The predicted molar refractivity (Wildman–Crippen MR) is 116 cm³/mol. The van der Waals surface area contributed by atoms with Crippen molar-refractivity contribution in [3.05, 3.63) is 29.6 Å². The summed E-state index contributed by atoms with van der Waals surface area (Å²) in [4.78, 5) is 36.7. The van der Waals surface area contributed by atoms with E-state index in [9.17, 15) is 14.7 Å². The molecule has 11 nitrogen and oxygen atoms in total. The SMILES string of the molecule is Cc1ccc2nc(C(=O)N[C@@H](CO)C(=O)O)nc(NC3CCCCC3N=C(N)N)c2c1. The highest BCUT2D eigenvalue weighted by Gasteiger charge is 2.27. The molecule has 31 heavy (non-hydrogen) atoms. The molecule has 3 atom stereocenters. The van der Waals surface area contributed by atoms with E-state index < -0.39 is 24.5 Å². The fourth-order valence-corrected chi connectivity index (χ4v) is 3.66. The van der Waals surface area contributed by atoms with Crippen LogP contribution in [0.15, 0.2) is 23.2 Å². The van der Waals surface area contributed by atoms with Gasteiger partial charge in [0.05, 0.1) is 24.2 Å². The third kappa shape index (κ3) is 5.37. The van der Waals surface area contributed by atoms with Gasteiger partial charge in [-0.2, -0.15) is 0 Å². The second kappa shape index (κ2) is 9.56. The van der Waals surface area contributed by atoms with Gasteiger partial charge in [0.1, 0.15) is 5.82 Å². The number of carbonyl (C=O) groups excluding carboxylic acids is 1. The van der Waals surface area contributed by atoms with Crippen LogP contribution in [0.4, 0.5) is 5.82 Å². The lowest BCUT2D eigenvalue weighted by molar-refractivity contribution is -0.140. The number of aliphatic hydroxyl groups is 1. The summed E-state index contributed by atoms with van der Waals surface area (Å²) in [5, 5.41) is 24.6. The number of aliphatic imine (C=N–C) groups is 1. The van der Waals surface area contributed by atoms with Crippen LogP contribution in [0, 0.1) is 6.92 Å². The van der Waals surface area contributed by atoms with Gasteiger partial charge in [-0.3, -0.25) is 4.79 Å². The molecule has 0 spiro atoms. The van der Waals surface area contributed by atoms with Gasteiger partial charge >= 0.3 is 5.97 Å². The maximum Gasteiger partial charge on any atom is 0.328 e. The van der Waals surface area contributed by atoms with Gasteiger partial charge in [-0.05, 0) is 31.9 Å². The Labute approximate surface area is 179 Å². The van der Waals surface area contributed by atoms with Crippen LogP contribution in [-0.2, 0) is 4.79 Å². The molecule has 8 N–H and O–H groups in total. The second-order valence-corrected chi connectivity index (χ2v) is 7.62.